The Bertz CT molecular complexity index is 283. The van der Waals surface area contributed by atoms with Crippen molar-refractivity contribution in [3.63, 3.8) is 0 Å². The number of hydrogen-bond acceptors (Lipinski definition) is 3. The van der Waals surface area contributed by atoms with Crippen molar-refractivity contribution in [3.05, 3.63) is 12.2 Å². The Morgan fingerprint density at radius 1 is 1.40 bits per heavy atom. The third-order valence-electron chi connectivity index (χ3n) is 2.41. The van der Waals surface area contributed by atoms with Crippen molar-refractivity contribution >= 4 is 0 Å². The molecule has 0 aromatic carbocycles. The predicted octanol–water partition coefficient (Wildman–Crippen LogP) is 1.50. The molecule has 1 rings (SSSR count). The largest absolute Gasteiger partial charge is 0.396 e. The van der Waals surface area contributed by atoms with Crippen molar-refractivity contribution in [2.45, 2.75) is 40.2 Å². The van der Waals surface area contributed by atoms with Crippen LogP contribution in [-0.2, 0) is 13.0 Å². The van der Waals surface area contributed by atoms with Gasteiger partial charge in [0.05, 0.1) is 0 Å². The minimum Gasteiger partial charge on any atom is -0.396 e. The van der Waals surface area contributed by atoms with Crippen LogP contribution in [0.5, 0.6) is 0 Å². The van der Waals surface area contributed by atoms with Crippen LogP contribution in [0.4, 0.5) is 0 Å². The van der Waals surface area contributed by atoms with Gasteiger partial charge in [-0.25, -0.2) is 9.67 Å². The molecule has 1 atom stereocenters. The molecule has 0 aliphatic carbocycles. The van der Waals surface area contributed by atoms with Crippen molar-refractivity contribution in [3.8, 4) is 0 Å². The minimum atomic E-state index is 0.248. The van der Waals surface area contributed by atoms with Crippen molar-refractivity contribution < 1.29 is 5.11 Å². The predicted molar refractivity (Wildman–Crippen MR) is 59.4 cm³/mol. The second-order valence-corrected chi connectivity index (χ2v) is 4.58. The molecule has 86 valence electrons. The van der Waals surface area contributed by atoms with Gasteiger partial charge in [-0.3, -0.25) is 0 Å². The lowest BCUT2D eigenvalue weighted by molar-refractivity contribution is 0.229. The van der Waals surface area contributed by atoms with Gasteiger partial charge in [0.2, 0.25) is 0 Å². The van der Waals surface area contributed by atoms with E-state index in [9.17, 15) is 0 Å². The summed E-state index contributed by atoms with van der Waals surface area (Å²) in [5, 5.41) is 13.1. The molecule has 0 fully saturated rings. The van der Waals surface area contributed by atoms with E-state index in [1.807, 2.05) is 11.6 Å². The summed E-state index contributed by atoms with van der Waals surface area (Å²) in [6.45, 7) is 7.55. The fraction of sp³-hybridized carbons (Fsp3) is 0.818. The first kappa shape index (κ1) is 12.2. The Hall–Kier alpha value is -0.900. The molecule has 0 aliphatic heterocycles. The van der Waals surface area contributed by atoms with Crippen molar-refractivity contribution in [1.82, 2.24) is 14.8 Å². The van der Waals surface area contributed by atoms with E-state index in [0.717, 1.165) is 25.2 Å². The van der Waals surface area contributed by atoms with E-state index < -0.39 is 0 Å². The molecule has 0 aliphatic rings. The van der Waals surface area contributed by atoms with Crippen LogP contribution in [0.25, 0.3) is 0 Å². The zero-order valence-electron chi connectivity index (χ0n) is 9.85. The number of aliphatic hydroxyl groups excluding tert-OH is 1. The van der Waals surface area contributed by atoms with Crippen LogP contribution < -0.4 is 0 Å². The van der Waals surface area contributed by atoms with Crippen molar-refractivity contribution in [1.29, 1.82) is 0 Å². The first-order chi connectivity index (χ1) is 7.13. The van der Waals surface area contributed by atoms with E-state index in [2.05, 4.69) is 23.9 Å². The highest BCUT2D eigenvalue weighted by molar-refractivity contribution is 4.85. The molecule has 1 unspecified atom stereocenters. The van der Waals surface area contributed by atoms with E-state index in [-0.39, 0.29) is 6.61 Å². The van der Waals surface area contributed by atoms with Crippen LogP contribution in [-0.4, -0.2) is 26.5 Å². The van der Waals surface area contributed by atoms with E-state index in [4.69, 9.17) is 5.11 Å². The van der Waals surface area contributed by atoms with Crippen LogP contribution in [0.2, 0.25) is 0 Å². The zero-order chi connectivity index (χ0) is 11.3. The van der Waals surface area contributed by atoms with Gasteiger partial charge in [0.15, 0.2) is 0 Å². The molecular formula is C11H21N3O. The highest BCUT2D eigenvalue weighted by atomic mass is 16.3. The summed E-state index contributed by atoms with van der Waals surface area (Å²) >= 11 is 0. The molecule has 0 bridgehead atoms. The normalized spacial score (nSPS) is 13.4. The lowest BCUT2D eigenvalue weighted by Gasteiger charge is -2.10. The third kappa shape index (κ3) is 4.00. The highest BCUT2D eigenvalue weighted by Gasteiger charge is 2.08. The Labute approximate surface area is 91.3 Å². The molecule has 4 nitrogen and oxygen atoms in total. The van der Waals surface area contributed by atoms with Crippen LogP contribution in [0.1, 0.15) is 33.0 Å². The number of aromatic nitrogens is 3. The second-order valence-electron chi connectivity index (χ2n) is 4.58. The smallest absolute Gasteiger partial charge is 0.138 e. The Kier molecular flexibility index (Phi) is 4.75. The van der Waals surface area contributed by atoms with Crippen molar-refractivity contribution in [2.24, 2.45) is 11.8 Å². The number of hydrogen-bond donors (Lipinski definition) is 1. The number of rotatable bonds is 6. The number of aliphatic hydroxyl groups is 1. The van der Waals surface area contributed by atoms with Crippen LogP contribution >= 0.6 is 0 Å². The fourth-order valence-corrected chi connectivity index (χ4v) is 1.45. The molecule has 4 heteroatoms. The van der Waals surface area contributed by atoms with E-state index in [0.29, 0.717) is 11.8 Å². The Morgan fingerprint density at radius 3 is 2.73 bits per heavy atom. The second kappa shape index (κ2) is 5.85. The number of nitrogens with zero attached hydrogens (tertiary/aromatic N) is 3. The summed E-state index contributed by atoms with van der Waals surface area (Å²) in [6.07, 6.45) is 3.48. The summed E-state index contributed by atoms with van der Waals surface area (Å²) in [7, 11) is 0. The monoisotopic (exact) mass is 211 g/mol. The average Bonchev–Trinajstić information content (AvgIpc) is 2.61. The number of aryl methyl sites for hydroxylation is 1. The fourth-order valence-electron chi connectivity index (χ4n) is 1.45. The van der Waals surface area contributed by atoms with Crippen molar-refractivity contribution in [2.75, 3.05) is 6.61 Å². The summed E-state index contributed by atoms with van der Waals surface area (Å²) in [5.74, 6) is 1.96. The Morgan fingerprint density at radius 2 is 2.13 bits per heavy atom. The standard InChI is InChI=1S/C11H21N3O/c1-9(2)6-14-11(12-8-13-14)5-4-10(3)7-15/h8-10,15H,4-7H2,1-3H3. The molecule has 0 amide bonds. The topological polar surface area (TPSA) is 50.9 Å². The summed E-state index contributed by atoms with van der Waals surface area (Å²) in [6, 6.07) is 0. The molecule has 15 heavy (non-hydrogen) atoms. The molecular weight excluding hydrogens is 190 g/mol. The van der Waals surface area contributed by atoms with Gasteiger partial charge in [-0.1, -0.05) is 20.8 Å². The van der Waals surface area contributed by atoms with Gasteiger partial charge in [0.1, 0.15) is 12.2 Å². The maximum Gasteiger partial charge on any atom is 0.138 e. The SMILES string of the molecule is CC(C)Cn1ncnc1CCC(C)CO. The third-order valence-corrected chi connectivity index (χ3v) is 2.41. The van der Waals surface area contributed by atoms with Gasteiger partial charge >= 0.3 is 0 Å². The molecule has 0 spiro atoms. The molecule has 0 saturated carbocycles. The molecule has 0 saturated heterocycles. The highest BCUT2D eigenvalue weighted by Crippen LogP contribution is 2.08. The van der Waals surface area contributed by atoms with Crippen LogP contribution in [0, 0.1) is 11.8 Å². The molecule has 1 aromatic heterocycles. The van der Waals surface area contributed by atoms with Crippen LogP contribution in [0.15, 0.2) is 6.33 Å². The lowest BCUT2D eigenvalue weighted by atomic mass is 10.1. The first-order valence-electron chi connectivity index (χ1n) is 5.61. The van der Waals surface area contributed by atoms with Gasteiger partial charge < -0.3 is 5.11 Å². The van der Waals surface area contributed by atoms with E-state index in [1.54, 1.807) is 6.33 Å². The zero-order valence-corrected chi connectivity index (χ0v) is 9.85. The summed E-state index contributed by atoms with van der Waals surface area (Å²) in [4.78, 5) is 4.25. The quantitative estimate of drug-likeness (QED) is 0.775. The van der Waals surface area contributed by atoms with Crippen LogP contribution in [0.3, 0.4) is 0 Å². The maximum atomic E-state index is 8.94. The molecule has 1 heterocycles. The van der Waals surface area contributed by atoms with Gasteiger partial charge in [0.25, 0.3) is 0 Å². The summed E-state index contributed by atoms with van der Waals surface area (Å²) < 4.78 is 1.97. The molecule has 1 aromatic rings. The maximum absolute atomic E-state index is 8.94. The Balaban J connectivity index is 2.49. The summed E-state index contributed by atoms with van der Waals surface area (Å²) in [5.41, 5.74) is 0. The lowest BCUT2D eigenvalue weighted by Crippen LogP contribution is -2.12. The first-order valence-corrected chi connectivity index (χ1v) is 5.61. The molecule has 0 radical (unpaired) electrons. The van der Waals surface area contributed by atoms with Gasteiger partial charge in [-0.2, -0.15) is 5.10 Å². The van der Waals surface area contributed by atoms with E-state index >= 15 is 0 Å². The minimum absolute atomic E-state index is 0.248. The average molecular weight is 211 g/mol. The van der Waals surface area contributed by atoms with Gasteiger partial charge in [-0.15, -0.1) is 0 Å². The van der Waals surface area contributed by atoms with Gasteiger partial charge in [-0.05, 0) is 18.3 Å². The van der Waals surface area contributed by atoms with Gasteiger partial charge in [0, 0.05) is 19.6 Å². The molecule has 1 N–H and O–H groups in total. The van der Waals surface area contributed by atoms with E-state index in [1.165, 1.54) is 0 Å².